The molecule has 0 spiro atoms. The van der Waals surface area contributed by atoms with E-state index in [2.05, 4.69) is 237 Å². The Kier molecular flexibility index (Phi) is 8.57. The third kappa shape index (κ3) is 5.82. The molecule has 0 unspecified atom stereocenters. The van der Waals surface area contributed by atoms with Crippen molar-refractivity contribution in [3.8, 4) is 66.8 Å². The number of furan rings is 1. The molecular weight excluding hydrogens is 821 g/mol. The van der Waals surface area contributed by atoms with Crippen LogP contribution < -0.4 is 0 Å². The van der Waals surface area contributed by atoms with E-state index in [0.29, 0.717) is 0 Å². The Labute approximate surface area is 394 Å². The maximum atomic E-state index is 6.33. The Bertz CT molecular complexity index is 4260. The predicted molar refractivity (Wildman–Crippen MR) is 290 cm³/mol. The number of benzene rings is 13. The van der Waals surface area contributed by atoms with Crippen LogP contribution in [0.4, 0.5) is 0 Å². The van der Waals surface area contributed by atoms with Gasteiger partial charge in [0, 0.05) is 10.8 Å². The second-order valence-electron chi connectivity index (χ2n) is 18.3. The minimum atomic E-state index is 0.895. The molecule has 68 heavy (non-hydrogen) atoms. The van der Waals surface area contributed by atoms with Gasteiger partial charge in [-0.2, -0.15) is 0 Å². The zero-order valence-corrected chi connectivity index (χ0v) is 37.4. The molecule has 0 radical (unpaired) electrons. The maximum absolute atomic E-state index is 6.33. The molecule has 0 aliphatic heterocycles. The summed E-state index contributed by atoms with van der Waals surface area (Å²) in [6.45, 7) is 2.29. The minimum Gasteiger partial charge on any atom is -0.456 e. The first-order valence-electron chi connectivity index (χ1n) is 23.6. The van der Waals surface area contributed by atoms with E-state index >= 15 is 0 Å². The fraction of sp³-hybridized carbons (Fsp3) is 0.0149. The molecule has 0 atom stereocenters. The highest BCUT2D eigenvalue weighted by molar-refractivity contribution is 6.30. The number of aryl methyl sites for hydroxylation is 1. The molecule has 0 fully saturated rings. The van der Waals surface area contributed by atoms with E-state index in [0.717, 1.165) is 27.5 Å². The van der Waals surface area contributed by atoms with E-state index in [1.165, 1.54) is 121 Å². The Morgan fingerprint density at radius 2 is 0.794 bits per heavy atom. The van der Waals surface area contributed by atoms with Gasteiger partial charge in [-0.25, -0.2) is 0 Å². The molecular formula is C67H42O. The molecule has 0 bridgehead atoms. The second-order valence-corrected chi connectivity index (χ2v) is 18.3. The molecule has 0 aliphatic rings. The van der Waals surface area contributed by atoms with Gasteiger partial charge in [0.25, 0.3) is 0 Å². The van der Waals surface area contributed by atoms with Gasteiger partial charge in [0.15, 0.2) is 0 Å². The van der Waals surface area contributed by atoms with Gasteiger partial charge in [0.2, 0.25) is 0 Å². The molecule has 0 amide bonds. The van der Waals surface area contributed by atoms with Gasteiger partial charge in [-0.1, -0.05) is 212 Å². The van der Waals surface area contributed by atoms with Crippen LogP contribution in [0.5, 0.6) is 0 Å². The van der Waals surface area contributed by atoms with E-state index < -0.39 is 0 Å². The molecule has 14 aromatic rings. The molecule has 1 aromatic heterocycles. The topological polar surface area (TPSA) is 13.1 Å². The van der Waals surface area contributed by atoms with Gasteiger partial charge in [-0.05, 0) is 157 Å². The van der Waals surface area contributed by atoms with Crippen molar-refractivity contribution in [2.24, 2.45) is 0 Å². The number of rotatable bonds is 6. The number of fused-ring (bicyclic) bond motifs is 5. The van der Waals surface area contributed by atoms with E-state index in [9.17, 15) is 0 Å². The van der Waals surface area contributed by atoms with E-state index in [-0.39, 0.29) is 0 Å². The van der Waals surface area contributed by atoms with Crippen LogP contribution in [0.25, 0.3) is 143 Å². The first-order valence-corrected chi connectivity index (χ1v) is 23.6. The van der Waals surface area contributed by atoms with Crippen LogP contribution in [0.15, 0.2) is 241 Å². The lowest BCUT2D eigenvalue weighted by atomic mass is 9.81. The third-order valence-corrected chi connectivity index (χ3v) is 14.5. The van der Waals surface area contributed by atoms with Gasteiger partial charge in [-0.3, -0.25) is 0 Å². The lowest BCUT2D eigenvalue weighted by Gasteiger charge is -2.22. The largest absolute Gasteiger partial charge is 0.456 e. The number of para-hydroxylation sites is 1. The normalized spacial score (nSPS) is 11.9. The van der Waals surface area contributed by atoms with Gasteiger partial charge in [0.05, 0.1) is 0 Å². The van der Waals surface area contributed by atoms with Crippen molar-refractivity contribution in [2.75, 3.05) is 0 Å². The summed E-state index contributed by atoms with van der Waals surface area (Å²) in [7, 11) is 0. The maximum Gasteiger partial charge on any atom is 0.135 e. The summed E-state index contributed by atoms with van der Waals surface area (Å²) < 4.78 is 6.33. The average Bonchev–Trinajstić information content (AvgIpc) is 3.78. The van der Waals surface area contributed by atoms with Gasteiger partial charge in [-0.15, -0.1) is 0 Å². The van der Waals surface area contributed by atoms with Crippen LogP contribution in [-0.4, -0.2) is 0 Å². The highest BCUT2D eigenvalue weighted by Gasteiger charge is 2.23. The Morgan fingerprint density at radius 1 is 0.250 bits per heavy atom. The standard InChI is InChI=1S/C67H42O/c1-41-38-47(64-50(45-35-37-62-59(39-45)52-23-11-12-31-61(52)68-62)28-15-30-53(64)51-22-6-5-21-49(51)42-16-3-2-4-17-42)34-36-48(41)66-54-24-7-9-26-56(54)67(57-27-10-8-25-55(57)66)60-40-46-20-13-18-43-32-33-44-19-14-29-58(60)65(44)63(43)46/h2-40H,1H3. The molecule has 0 aliphatic carbocycles. The minimum absolute atomic E-state index is 0.895. The predicted octanol–water partition coefficient (Wildman–Crippen LogP) is 19.1. The fourth-order valence-electron chi connectivity index (χ4n) is 11.6. The van der Waals surface area contributed by atoms with Crippen molar-refractivity contribution in [2.45, 2.75) is 6.92 Å². The lowest BCUT2D eigenvalue weighted by molar-refractivity contribution is 0.669. The van der Waals surface area contributed by atoms with Gasteiger partial charge < -0.3 is 4.42 Å². The molecule has 0 saturated carbocycles. The number of hydrogen-bond donors (Lipinski definition) is 0. The molecule has 1 heteroatoms. The van der Waals surface area contributed by atoms with E-state index in [1.807, 2.05) is 6.07 Å². The summed E-state index contributed by atoms with van der Waals surface area (Å²) in [6.07, 6.45) is 0. The first kappa shape index (κ1) is 38.5. The highest BCUT2D eigenvalue weighted by atomic mass is 16.3. The van der Waals surface area contributed by atoms with E-state index in [1.54, 1.807) is 0 Å². The molecule has 13 aromatic carbocycles. The van der Waals surface area contributed by atoms with Crippen LogP contribution in [0.1, 0.15) is 5.56 Å². The molecule has 14 rings (SSSR count). The smallest absolute Gasteiger partial charge is 0.135 e. The summed E-state index contributed by atoms with van der Waals surface area (Å²) in [5.41, 5.74) is 17.6. The lowest BCUT2D eigenvalue weighted by Crippen LogP contribution is -1.96. The van der Waals surface area contributed by atoms with Crippen molar-refractivity contribution in [1.29, 1.82) is 0 Å². The molecule has 1 heterocycles. The van der Waals surface area contributed by atoms with Crippen molar-refractivity contribution in [3.63, 3.8) is 0 Å². The monoisotopic (exact) mass is 862 g/mol. The summed E-state index contributed by atoms with van der Waals surface area (Å²) in [6, 6.07) is 87.2. The molecule has 0 saturated heterocycles. The van der Waals surface area contributed by atoms with Crippen molar-refractivity contribution in [1.82, 2.24) is 0 Å². The summed E-state index contributed by atoms with van der Waals surface area (Å²) in [5, 5.41) is 15.1. The van der Waals surface area contributed by atoms with Crippen molar-refractivity contribution in [3.05, 3.63) is 242 Å². The third-order valence-electron chi connectivity index (χ3n) is 14.5. The summed E-state index contributed by atoms with van der Waals surface area (Å²) in [4.78, 5) is 0. The van der Waals surface area contributed by atoms with Crippen LogP contribution in [-0.2, 0) is 0 Å². The Morgan fingerprint density at radius 3 is 1.54 bits per heavy atom. The Hall–Kier alpha value is -8.78. The zero-order chi connectivity index (χ0) is 44.9. The summed E-state index contributed by atoms with van der Waals surface area (Å²) >= 11 is 0. The van der Waals surface area contributed by atoms with Crippen LogP contribution in [0.2, 0.25) is 0 Å². The average molecular weight is 863 g/mol. The SMILES string of the molecule is Cc1cc(-c2c(-c3ccc4oc5ccccc5c4c3)cccc2-c2ccccc2-c2ccccc2)ccc1-c1c2ccccc2c(-c2cc3cccc4ccc5cccc2c5c43)c2ccccc12. The zero-order valence-electron chi connectivity index (χ0n) is 37.4. The van der Waals surface area contributed by atoms with Crippen molar-refractivity contribution < 1.29 is 4.42 Å². The van der Waals surface area contributed by atoms with Gasteiger partial charge in [0.1, 0.15) is 11.2 Å². The molecule has 0 N–H and O–H groups in total. The molecule has 1 nitrogen and oxygen atoms in total. The first-order chi connectivity index (χ1) is 33.7. The van der Waals surface area contributed by atoms with Crippen molar-refractivity contribution >= 4 is 75.8 Å². The number of hydrogen-bond acceptors (Lipinski definition) is 1. The van der Waals surface area contributed by atoms with Gasteiger partial charge >= 0.3 is 0 Å². The molecule has 316 valence electrons. The van der Waals surface area contributed by atoms with Crippen LogP contribution in [0.3, 0.4) is 0 Å². The summed E-state index contributed by atoms with van der Waals surface area (Å²) in [5.74, 6) is 0. The van der Waals surface area contributed by atoms with E-state index in [4.69, 9.17) is 4.42 Å². The fourth-order valence-corrected chi connectivity index (χ4v) is 11.6. The van der Waals surface area contributed by atoms with Crippen LogP contribution in [0, 0.1) is 6.92 Å². The second kappa shape index (κ2) is 15.1. The highest BCUT2D eigenvalue weighted by Crippen LogP contribution is 2.50. The van der Waals surface area contributed by atoms with Crippen LogP contribution >= 0.6 is 0 Å². The Balaban J connectivity index is 1.01. The quantitative estimate of drug-likeness (QED) is 0.120.